The summed E-state index contributed by atoms with van der Waals surface area (Å²) in [5.74, 6) is -3.47. The fraction of sp³-hybridized carbons (Fsp3) is 0.625. The monoisotopic (exact) mass is 906 g/mol. The minimum Gasteiger partial charge on any atom is -0.480 e. The van der Waals surface area contributed by atoms with Gasteiger partial charge < -0.3 is 35.4 Å². The number of hydrogen-bond donors (Lipinski definition) is 5. The Bertz CT molecular complexity index is 1550. The van der Waals surface area contributed by atoms with E-state index in [9.17, 15) is 38.8 Å². The summed E-state index contributed by atoms with van der Waals surface area (Å²) in [7, 11) is -4.80. The van der Waals surface area contributed by atoms with Gasteiger partial charge in [0.15, 0.2) is 6.10 Å². The molecule has 356 valence electrons. The van der Waals surface area contributed by atoms with Crippen molar-refractivity contribution in [2.24, 2.45) is 17.6 Å². The van der Waals surface area contributed by atoms with E-state index in [4.69, 9.17) is 24.8 Å². The number of allylic oxidation sites excluding steroid dienone is 12. The minimum atomic E-state index is -4.80. The van der Waals surface area contributed by atoms with Gasteiger partial charge in [0.25, 0.3) is 0 Å². The van der Waals surface area contributed by atoms with E-state index < -0.39 is 75.8 Å². The summed E-state index contributed by atoms with van der Waals surface area (Å²) in [6.07, 6.45) is 38.7. The third-order valence-corrected chi connectivity index (χ3v) is 10.9. The molecule has 0 aromatic carbocycles. The number of aliphatic hydroxyl groups is 2. The highest BCUT2D eigenvalue weighted by molar-refractivity contribution is 7.47. The zero-order valence-electron chi connectivity index (χ0n) is 37.6. The standard InChI is InChI=1S/C48H76NO13P/c1-3-5-7-8-9-10-11-12-13-14-15-16-17-18-19-20-21-22-28-32-47(54)62-40(37-60-63(57,58)61-38-43(49)48(55)56)36-59-46(53)31-27-24-23-26-30-41-42(45(52)35-44(41)51)34-33-39(50)29-25-6-4-2/h5,7,9-10,12-13,15-16,18-19,23,26,33-34,39-43,45,50,52H,3-4,6,8,11,14,17,20-22,24-25,27-32,35-38,49H2,1-2H3,(H,55,56)(H,57,58)/b7-5-,10-9-,13-12-,16-15-,19-18-,26-23-,34-33+/t39-,40+,41+,42+,43-,45+/m0/s1. The summed E-state index contributed by atoms with van der Waals surface area (Å²) >= 11 is 0. The van der Waals surface area contributed by atoms with Crippen LogP contribution in [-0.2, 0) is 42.3 Å². The Morgan fingerprint density at radius 2 is 1.35 bits per heavy atom. The van der Waals surface area contributed by atoms with Crippen molar-refractivity contribution in [2.45, 2.75) is 160 Å². The first-order valence-electron chi connectivity index (χ1n) is 22.7. The maximum Gasteiger partial charge on any atom is 0.472 e. The van der Waals surface area contributed by atoms with E-state index in [-0.39, 0.29) is 31.0 Å². The molecule has 0 radical (unpaired) electrons. The van der Waals surface area contributed by atoms with E-state index in [1.54, 1.807) is 12.2 Å². The molecule has 0 saturated heterocycles. The van der Waals surface area contributed by atoms with Crippen LogP contribution in [0.15, 0.2) is 85.1 Å². The largest absolute Gasteiger partial charge is 0.480 e. The van der Waals surface area contributed by atoms with E-state index in [0.29, 0.717) is 32.1 Å². The predicted octanol–water partition coefficient (Wildman–Crippen LogP) is 8.87. The van der Waals surface area contributed by atoms with Crippen molar-refractivity contribution in [1.29, 1.82) is 0 Å². The van der Waals surface area contributed by atoms with E-state index >= 15 is 0 Å². The summed E-state index contributed by atoms with van der Waals surface area (Å²) in [5.41, 5.74) is 5.33. The van der Waals surface area contributed by atoms with Gasteiger partial charge >= 0.3 is 25.7 Å². The highest BCUT2D eigenvalue weighted by atomic mass is 31.2. The Kier molecular flexibility index (Phi) is 33.2. The smallest absolute Gasteiger partial charge is 0.472 e. The Hall–Kier alpha value is -3.75. The lowest BCUT2D eigenvalue weighted by Crippen LogP contribution is -2.34. The summed E-state index contributed by atoms with van der Waals surface area (Å²) in [4.78, 5) is 58.8. The number of ketones is 1. The second-order valence-corrected chi connectivity index (χ2v) is 17.0. The van der Waals surface area contributed by atoms with Crippen LogP contribution in [0.3, 0.4) is 0 Å². The molecule has 14 nitrogen and oxygen atoms in total. The SMILES string of the molecule is CC/C=C\C/C=C\C/C=C\C/C=C\C/C=C\CCCCCC(=O)O[C@H](COC(=O)CCC/C=C\C[C@H]1C(=O)C[C@@H](O)[C@@H]1/C=C/[C@@H](O)CCCCC)COP(=O)(O)OC[C@H](N)C(=O)O. The first-order valence-corrected chi connectivity index (χ1v) is 24.2. The summed E-state index contributed by atoms with van der Waals surface area (Å²) < 4.78 is 32.6. The normalized spacial score (nSPS) is 19.7. The van der Waals surface area contributed by atoms with Gasteiger partial charge in [0, 0.05) is 31.1 Å². The van der Waals surface area contributed by atoms with Crippen molar-refractivity contribution in [3.8, 4) is 0 Å². The average molecular weight is 906 g/mol. The van der Waals surface area contributed by atoms with Crippen LogP contribution in [-0.4, -0.2) is 88.1 Å². The van der Waals surface area contributed by atoms with Gasteiger partial charge in [0.1, 0.15) is 18.4 Å². The fourth-order valence-corrected chi connectivity index (χ4v) is 7.14. The van der Waals surface area contributed by atoms with Crippen molar-refractivity contribution in [2.75, 3.05) is 19.8 Å². The predicted molar refractivity (Wildman–Crippen MR) is 245 cm³/mol. The van der Waals surface area contributed by atoms with Crippen LogP contribution in [0.5, 0.6) is 0 Å². The average Bonchev–Trinajstić information content (AvgIpc) is 3.52. The van der Waals surface area contributed by atoms with Gasteiger partial charge in [-0.3, -0.25) is 28.2 Å². The number of aliphatic hydroxyl groups excluding tert-OH is 2. The molecule has 0 heterocycles. The second kappa shape index (κ2) is 36.6. The Labute approximate surface area is 375 Å². The number of carboxylic acids is 1. The van der Waals surface area contributed by atoms with E-state index in [1.807, 2.05) is 12.2 Å². The van der Waals surface area contributed by atoms with Crippen molar-refractivity contribution in [3.05, 3.63) is 85.1 Å². The van der Waals surface area contributed by atoms with E-state index in [1.165, 1.54) is 0 Å². The molecule has 1 saturated carbocycles. The number of aliphatic carboxylic acids is 1. The third kappa shape index (κ3) is 30.9. The third-order valence-electron chi connectivity index (χ3n) is 10.00. The summed E-state index contributed by atoms with van der Waals surface area (Å²) in [6, 6.07) is -1.57. The number of carbonyl (C=O) groups is 4. The quantitative estimate of drug-likeness (QED) is 0.0170. The highest BCUT2D eigenvalue weighted by Crippen LogP contribution is 2.43. The number of carbonyl (C=O) groups excluding carboxylic acids is 3. The fourth-order valence-electron chi connectivity index (χ4n) is 6.36. The van der Waals surface area contributed by atoms with E-state index in [2.05, 4.69) is 79.1 Å². The number of phosphoric ester groups is 1. The Morgan fingerprint density at radius 3 is 1.98 bits per heavy atom. The highest BCUT2D eigenvalue weighted by Gasteiger charge is 2.39. The molecule has 0 aliphatic heterocycles. The molecular formula is C48H76NO13P. The van der Waals surface area contributed by atoms with Gasteiger partial charge in [-0.1, -0.05) is 125 Å². The van der Waals surface area contributed by atoms with Crippen molar-refractivity contribution in [3.63, 3.8) is 0 Å². The zero-order chi connectivity index (χ0) is 46.6. The lowest BCUT2D eigenvalue weighted by Gasteiger charge is -2.20. The first-order chi connectivity index (χ1) is 30.3. The molecule has 1 unspecified atom stereocenters. The molecule has 1 rings (SSSR count). The molecule has 1 fully saturated rings. The number of esters is 2. The maximum atomic E-state index is 12.7. The molecule has 7 atom stereocenters. The number of carboxylic acid groups (broad SMARTS) is 1. The van der Waals surface area contributed by atoms with Crippen LogP contribution in [0.25, 0.3) is 0 Å². The summed E-state index contributed by atoms with van der Waals surface area (Å²) in [5, 5.41) is 29.6. The van der Waals surface area contributed by atoms with Crippen LogP contribution in [0.4, 0.5) is 0 Å². The molecule has 0 aromatic heterocycles. The molecular weight excluding hydrogens is 829 g/mol. The van der Waals surface area contributed by atoms with Gasteiger partial charge in [-0.25, -0.2) is 4.57 Å². The van der Waals surface area contributed by atoms with Gasteiger partial charge in [-0.05, 0) is 77.0 Å². The first kappa shape index (κ1) is 57.3. The van der Waals surface area contributed by atoms with Gasteiger partial charge in [-0.15, -0.1) is 0 Å². The van der Waals surface area contributed by atoms with Crippen LogP contribution in [0.2, 0.25) is 0 Å². The van der Waals surface area contributed by atoms with Crippen molar-refractivity contribution >= 4 is 31.5 Å². The molecule has 15 heteroatoms. The second-order valence-electron chi connectivity index (χ2n) is 15.6. The number of rotatable bonds is 37. The lowest BCUT2D eigenvalue weighted by atomic mass is 9.90. The van der Waals surface area contributed by atoms with Gasteiger partial charge in [-0.2, -0.15) is 0 Å². The van der Waals surface area contributed by atoms with Crippen molar-refractivity contribution < 1.29 is 62.5 Å². The summed E-state index contributed by atoms with van der Waals surface area (Å²) in [6.45, 7) is 2.26. The molecule has 1 aliphatic carbocycles. The molecule has 0 spiro atoms. The Balaban J connectivity index is 2.51. The molecule has 0 aromatic rings. The van der Waals surface area contributed by atoms with E-state index in [0.717, 1.165) is 70.6 Å². The number of ether oxygens (including phenoxy) is 2. The number of unbranched alkanes of at least 4 members (excludes halogenated alkanes) is 6. The minimum absolute atomic E-state index is 0.0147. The Morgan fingerprint density at radius 1 is 0.762 bits per heavy atom. The number of nitrogens with two attached hydrogens (primary N) is 1. The number of phosphoric acid groups is 1. The lowest BCUT2D eigenvalue weighted by molar-refractivity contribution is -0.161. The molecule has 6 N–H and O–H groups in total. The van der Waals surface area contributed by atoms with Crippen LogP contribution >= 0.6 is 7.82 Å². The molecule has 1 aliphatic rings. The van der Waals surface area contributed by atoms with Gasteiger partial charge in [0.2, 0.25) is 0 Å². The molecule has 63 heavy (non-hydrogen) atoms. The number of Topliss-reactive ketones (excluding diaryl/α,β-unsaturated/α-hetero) is 1. The van der Waals surface area contributed by atoms with Crippen LogP contribution < -0.4 is 5.73 Å². The number of hydrogen-bond acceptors (Lipinski definition) is 12. The topological polar surface area (TPSA) is 229 Å². The van der Waals surface area contributed by atoms with Crippen molar-refractivity contribution in [1.82, 2.24) is 0 Å². The van der Waals surface area contributed by atoms with Crippen LogP contribution in [0.1, 0.15) is 136 Å². The van der Waals surface area contributed by atoms with Gasteiger partial charge in [0.05, 0.1) is 25.4 Å². The van der Waals surface area contributed by atoms with Crippen LogP contribution in [0, 0.1) is 11.8 Å². The molecule has 0 bridgehead atoms. The zero-order valence-corrected chi connectivity index (χ0v) is 38.5. The molecule has 0 amide bonds. The maximum absolute atomic E-state index is 12.7.